The third-order valence-electron chi connectivity index (χ3n) is 4.25. The van der Waals surface area contributed by atoms with Gasteiger partial charge in [-0.25, -0.2) is 4.79 Å². The number of hydrogen-bond acceptors (Lipinski definition) is 5. The Morgan fingerprint density at radius 1 is 1.11 bits per heavy atom. The number of benzene rings is 2. The van der Waals surface area contributed by atoms with Crippen LogP contribution in [0.3, 0.4) is 0 Å². The first-order chi connectivity index (χ1) is 13.2. The molecule has 1 aliphatic heterocycles. The van der Waals surface area contributed by atoms with Crippen LogP contribution in [-0.2, 0) is 14.3 Å². The molecule has 0 aromatic heterocycles. The van der Waals surface area contributed by atoms with Crippen LogP contribution in [0.2, 0.25) is 0 Å². The van der Waals surface area contributed by atoms with E-state index in [1.54, 1.807) is 18.2 Å². The fourth-order valence-electron chi connectivity index (χ4n) is 2.87. The third kappa shape index (κ3) is 4.95. The third-order valence-corrected chi connectivity index (χ3v) is 4.25. The summed E-state index contributed by atoms with van der Waals surface area (Å²) in [5, 5.41) is 2.88. The second-order valence-corrected chi connectivity index (χ2v) is 6.06. The van der Waals surface area contributed by atoms with Crippen LogP contribution in [0.25, 0.3) is 6.08 Å². The van der Waals surface area contributed by atoms with E-state index in [9.17, 15) is 9.59 Å². The van der Waals surface area contributed by atoms with Crippen LogP contribution in [-0.4, -0.2) is 45.3 Å². The Morgan fingerprint density at radius 3 is 2.56 bits per heavy atom. The van der Waals surface area contributed by atoms with E-state index in [0.717, 1.165) is 24.3 Å². The van der Waals surface area contributed by atoms with Crippen LogP contribution < -0.4 is 10.2 Å². The van der Waals surface area contributed by atoms with Gasteiger partial charge in [0.1, 0.15) is 0 Å². The SMILES string of the molecule is COC(=O)c1ccc(N2CCOCC2)c(NC(=O)/C=C\c2ccccc2)c1. The highest BCUT2D eigenvalue weighted by atomic mass is 16.5. The monoisotopic (exact) mass is 366 g/mol. The number of ether oxygens (including phenoxy) is 2. The molecule has 2 aromatic rings. The number of esters is 1. The summed E-state index contributed by atoms with van der Waals surface area (Å²) >= 11 is 0. The molecule has 140 valence electrons. The number of nitrogens with one attached hydrogen (secondary N) is 1. The minimum atomic E-state index is -0.446. The normalized spacial score (nSPS) is 14.2. The summed E-state index contributed by atoms with van der Waals surface area (Å²) in [5.74, 6) is -0.714. The summed E-state index contributed by atoms with van der Waals surface area (Å²) in [6.45, 7) is 2.70. The standard InChI is InChI=1S/C21H22N2O4/c1-26-21(25)17-8-9-19(23-11-13-27-14-12-23)18(15-17)22-20(24)10-7-16-5-3-2-4-6-16/h2-10,15H,11-14H2,1H3,(H,22,24)/b10-7-. The van der Waals surface area contributed by atoms with Crippen LogP contribution in [0.4, 0.5) is 11.4 Å². The number of carbonyl (C=O) groups is 2. The second-order valence-electron chi connectivity index (χ2n) is 6.06. The molecule has 1 fully saturated rings. The van der Waals surface area contributed by atoms with Crippen molar-refractivity contribution < 1.29 is 19.1 Å². The molecule has 0 saturated carbocycles. The quantitative estimate of drug-likeness (QED) is 0.651. The molecule has 6 heteroatoms. The van der Waals surface area contributed by atoms with Crippen LogP contribution in [0.15, 0.2) is 54.6 Å². The summed E-state index contributed by atoms with van der Waals surface area (Å²) in [6, 6.07) is 14.7. The molecule has 0 aliphatic carbocycles. The first-order valence-electron chi connectivity index (χ1n) is 8.76. The van der Waals surface area contributed by atoms with Crippen molar-refractivity contribution in [2.24, 2.45) is 0 Å². The van der Waals surface area contributed by atoms with E-state index in [-0.39, 0.29) is 5.91 Å². The maximum absolute atomic E-state index is 12.4. The van der Waals surface area contributed by atoms with Crippen molar-refractivity contribution in [2.75, 3.05) is 43.6 Å². The van der Waals surface area contributed by atoms with E-state index in [0.29, 0.717) is 24.5 Å². The van der Waals surface area contributed by atoms with Gasteiger partial charge in [0.2, 0.25) is 5.91 Å². The fraction of sp³-hybridized carbons (Fsp3) is 0.238. The lowest BCUT2D eigenvalue weighted by Crippen LogP contribution is -2.36. The fourth-order valence-corrected chi connectivity index (χ4v) is 2.87. The van der Waals surface area contributed by atoms with Crippen LogP contribution >= 0.6 is 0 Å². The molecule has 3 rings (SSSR count). The van der Waals surface area contributed by atoms with Crippen molar-refractivity contribution in [1.82, 2.24) is 0 Å². The number of methoxy groups -OCH3 is 1. The highest BCUT2D eigenvalue weighted by Gasteiger charge is 2.18. The molecule has 0 radical (unpaired) electrons. The van der Waals surface area contributed by atoms with Crippen molar-refractivity contribution in [2.45, 2.75) is 0 Å². The number of nitrogens with zero attached hydrogens (tertiary/aromatic N) is 1. The molecule has 0 unspecified atom stereocenters. The number of rotatable bonds is 5. The van der Waals surface area contributed by atoms with Gasteiger partial charge in [0, 0.05) is 19.2 Å². The summed E-state index contributed by atoms with van der Waals surface area (Å²) in [7, 11) is 1.33. The zero-order valence-corrected chi connectivity index (χ0v) is 15.2. The zero-order valence-electron chi connectivity index (χ0n) is 15.2. The van der Waals surface area contributed by atoms with Crippen molar-refractivity contribution in [1.29, 1.82) is 0 Å². The Balaban J connectivity index is 1.82. The second kappa shape index (κ2) is 9.00. The molecule has 2 aromatic carbocycles. The highest BCUT2D eigenvalue weighted by molar-refractivity contribution is 6.05. The van der Waals surface area contributed by atoms with Crippen LogP contribution in [0.5, 0.6) is 0 Å². The molecule has 0 bridgehead atoms. The van der Waals surface area contributed by atoms with E-state index < -0.39 is 5.97 Å². The van der Waals surface area contributed by atoms with Gasteiger partial charge in [0.15, 0.2) is 0 Å². The molecule has 1 N–H and O–H groups in total. The minimum absolute atomic E-state index is 0.268. The average Bonchev–Trinajstić information content (AvgIpc) is 2.73. The van der Waals surface area contributed by atoms with Crippen molar-refractivity contribution in [3.8, 4) is 0 Å². The Bertz CT molecular complexity index is 827. The van der Waals surface area contributed by atoms with Gasteiger partial charge < -0.3 is 19.7 Å². The van der Waals surface area contributed by atoms with Gasteiger partial charge in [-0.05, 0) is 29.8 Å². The Kier molecular flexibility index (Phi) is 6.22. The maximum atomic E-state index is 12.4. The molecular formula is C21H22N2O4. The topological polar surface area (TPSA) is 67.9 Å². The first-order valence-corrected chi connectivity index (χ1v) is 8.76. The molecule has 1 saturated heterocycles. The van der Waals surface area contributed by atoms with Gasteiger partial charge in [-0.15, -0.1) is 0 Å². The highest BCUT2D eigenvalue weighted by Crippen LogP contribution is 2.28. The maximum Gasteiger partial charge on any atom is 0.337 e. The van der Waals surface area contributed by atoms with Crippen molar-refractivity contribution in [3.63, 3.8) is 0 Å². The Labute approximate surface area is 158 Å². The van der Waals surface area contributed by atoms with Gasteiger partial charge >= 0.3 is 5.97 Å². The van der Waals surface area contributed by atoms with Crippen LogP contribution in [0, 0.1) is 0 Å². The number of amides is 1. The molecule has 1 amide bonds. The zero-order chi connectivity index (χ0) is 19.1. The summed E-state index contributed by atoms with van der Waals surface area (Å²) in [4.78, 5) is 26.4. The molecule has 0 spiro atoms. The summed E-state index contributed by atoms with van der Waals surface area (Å²) < 4.78 is 10.2. The number of morpholine rings is 1. The lowest BCUT2D eigenvalue weighted by atomic mass is 10.1. The van der Waals surface area contributed by atoms with Gasteiger partial charge in [0.05, 0.1) is 37.3 Å². The van der Waals surface area contributed by atoms with E-state index in [2.05, 4.69) is 10.2 Å². The van der Waals surface area contributed by atoms with E-state index in [1.165, 1.54) is 13.2 Å². The summed E-state index contributed by atoms with van der Waals surface area (Å²) in [5.41, 5.74) is 2.75. The summed E-state index contributed by atoms with van der Waals surface area (Å²) in [6.07, 6.45) is 3.22. The molecule has 1 aliphatic rings. The van der Waals surface area contributed by atoms with E-state index in [4.69, 9.17) is 9.47 Å². The lowest BCUT2D eigenvalue weighted by Gasteiger charge is -2.30. The first kappa shape index (κ1) is 18.7. The molecule has 0 atom stereocenters. The smallest absolute Gasteiger partial charge is 0.337 e. The Hall–Kier alpha value is -3.12. The minimum Gasteiger partial charge on any atom is -0.465 e. The van der Waals surface area contributed by atoms with E-state index in [1.807, 2.05) is 36.4 Å². The van der Waals surface area contributed by atoms with Crippen molar-refractivity contribution in [3.05, 3.63) is 65.7 Å². The molecule has 27 heavy (non-hydrogen) atoms. The van der Waals surface area contributed by atoms with E-state index >= 15 is 0 Å². The van der Waals surface area contributed by atoms with Gasteiger partial charge in [-0.3, -0.25) is 4.79 Å². The van der Waals surface area contributed by atoms with Gasteiger partial charge in [-0.2, -0.15) is 0 Å². The largest absolute Gasteiger partial charge is 0.465 e. The van der Waals surface area contributed by atoms with Gasteiger partial charge in [0.25, 0.3) is 0 Å². The Morgan fingerprint density at radius 2 is 1.85 bits per heavy atom. The van der Waals surface area contributed by atoms with Crippen molar-refractivity contribution >= 4 is 29.3 Å². The average molecular weight is 366 g/mol. The predicted molar refractivity (Wildman–Crippen MR) is 105 cm³/mol. The molecule has 6 nitrogen and oxygen atoms in total. The van der Waals surface area contributed by atoms with Crippen LogP contribution in [0.1, 0.15) is 15.9 Å². The lowest BCUT2D eigenvalue weighted by molar-refractivity contribution is -0.111. The number of hydrogen-bond donors (Lipinski definition) is 1. The molecule has 1 heterocycles. The number of carbonyl (C=O) groups excluding carboxylic acids is 2. The van der Waals surface area contributed by atoms with Gasteiger partial charge in [-0.1, -0.05) is 30.3 Å². The molecular weight excluding hydrogens is 344 g/mol. The predicted octanol–water partition coefficient (Wildman–Crippen LogP) is 2.96. The number of anilines is 2.